The summed E-state index contributed by atoms with van der Waals surface area (Å²) in [6, 6.07) is 6.39. The van der Waals surface area contributed by atoms with E-state index in [4.69, 9.17) is 4.74 Å². The van der Waals surface area contributed by atoms with Gasteiger partial charge in [-0.15, -0.1) is 0 Å². The van der Waals surface area contributed by atoms with Crippen molar-refractivity contribution in [3.8, 4) is 6.01 Å². The van der Waals surface area contributed by atoms with Crippen LogP contribution < -0.4 is 16.0 Å². The summed E-state index contributed by atoms with van der Waals surface area (Å²) < 4.78 is 22.8. The summed E-state index contributed by atoms with van der Waals surface area (Å²) in [6.07, 6.45) is 0. The van der Waals surface area contributed by atoms with Gasteiger partial charge in [-0.1, -0.05) is 18.2 Å². The molecule has 3 rings (SSSR count). The molecule has 0 saturated carbocycles. The van der Waals surface area contributed by atoms with Gasteiger partial charge in [0, 0.05) is 19.7 Å². The van der Waals surface area contributed by atoms with Crippen molar-refractivity contribution < 1.29 is 9.13 Å². The van der Waals surface area contributed by atoms with Crippen molar-refractivity contribution in [1.29, 1.82) is 0 Å². The fraction of sp³-hybridized carbons (Fsp3) is 0.267. The third-order valence-electron chi connectivity index (χ3n) is 3.78. The molecule has 7 nitrogen and oxygen atoms in total. The third-order valence-corrected chi connectivity index (χ3v) is 3.78. The number of imidazole rings is 1. The minimum atomic E-state index is -0.504. The topological polar surface area (TPSA) is 71.1 Å². The van der Waals surface area contributed by atoms with Crippen LogP contribution in [0.25, 0.3) is 11.2 Å². The van der Waals surface area contributed by atoms with Gasteiger partial charge in [0.25, 0.3) is 11.6 Å². The maximum Gasteiger partial charge on any atom is 0.332 e. The van der Waals surface area contributed by atoms with Crippen LogP contribution in [0.2, 0.25) is 0 Å². The minimum absolute atomic E-state index is 0.0692. The third kappa shape index (κ3) is 2.23. The molecule has 0 radical (unpaired) electrons. The van der Waals surface area contributed by atoms with Gasteiger partial charge in [-0.25, -0.2) is 9.18 Å². The molecule has 23 heavy (non-hydrogen) atoms. The molecule has 0 spiro atoms. The summed E-state index contributed by atoms with van der Waals surface area (Å²) in [4.78, 5) is 28.7. The molecule has 0 aliphatic carbocycles. The lowest BCUT2D eigenvalue weighted by Gasteiger charge is -2.09. The maximum absolute atomic E-state index is 13.9. The number of aromatic nitrogens is 4. The molecule has 0 fully saturated rings. The van der Waals surface area contributed by atoms with Crippen molar-refractivity contribution in [2.75, 3.05) is 7.11 Å². The predicted molar refractivity (Wildman–Crippen MR) is 82.3 cm³/mol. The second kappa shape index (κ2) is 5.38. The van der Waals surface area contributed by atoms with Crippen molar-refractivity contribution in [1.82, 2.24) is 18.7 Å². The van der Waals surface area contributed by atoms with E-state index in [1.807, 2.05) is 0 Å². The highest BCUT2D eigenvalue weighted by atomic mass is 19.1. The van der Waals surface area contributed by atoms with E-state index in [1.165, 1.54) is 36.4 Å². The van der Waals surface area contributed by atoms with Crippen molar-refractivity contribution >= 4 is 11.2 Å². The summed E-state index contributed by atoms with van der Waals surface area (Å²) >= 11 is 0. The van der Waals surface area contributed by atoms with Crippen LogP contribution in [0.15, 0.2) is 33.9 Å². The summed E-state index contributed by atoms with van der Waals surface area (Å²) in [5, 5.41) is 0. The second-order valence-electron chi connectivity index (χ2n) is 5.15. The van der Waals surface area contributed by atoms with E-state index in [1.54, 1.807) is 18.2 Å². The average Bonchev–Trinajstić information content (AvgIpc) is 2.91. The second-order valence-corrected chi connectivity index (χ2v) is 5.15. The smallest absolute Gasteiger partial charge is 0.332 e. The maximum atomic E-state index is 13.9. The first kappa shape index (κ1) is 15.0. The van der Waals surface area contributed by atoms with Gasteiger partial charge >= 0.3 is 5.69 Å². The van der Waals surface area contributed by atoms with Crippen LogP contribution in [0.4, 0.5) is 4.39 Å². The largest absolute Gasteiger partial charge is 0.468 e. The Balaban J connectivity index is 2.34. The van der Waals surface area contributed by atoms with Crippen molar-refractivity contribution in [3.05, 3.63) is 56.5 Å². The highest BCUT2D eigenvalue weighted by Crippen LogP contribution is 2.20. The molecule has 0 saturated heterocycles. The Bertz CT molecular complexity index is 1020. The number of halogens is 1. The molecule has 0 unspecified atom stereocenters. The molecular weight excluding hydrogens is 303 g/mol. The van der Waals surface area contributed by atoms with E-state index in [0.29, 0.717) is 5.56 Å². The van der Waals surface area contributed by atoms with Gasteiger partial charge in [-0.05, 0) is 6.07 Å². The zero-order chi connectivity index (χ0) is 16.7. The zero-order valence-corrected chi connectivity index (χ0v) is 12.9. The lowest BCUT2D eigenvalue weighted by Crippen LogP contribution is -2.37. The van der Waals surface area contributed by atoms with Crippen LogP contribution in [0.1, 0.15) is 5.56 Å². The van der Waals surface area contributed by atoms with E-state index in [-0.39, 0.29) is 23.7 Å². The van der Waals surface area contributed by atoms with Gasteiger partial charge in [-0.2, -0.15) is 4.98 Å². The summed E-state index contributed by atoms with van der Waals surface area (Å²) in [6.45, 7) is 0.0692. The number of fused-ring (bicyclic) bond motifs is 1. The Hall–Kier alpha value is -2.90. The summed E-state index contributed by atoms with van der Waals surface area (Å²) in [5.41, 5.74) is -0.210. The molecule has 0 amide bonds. The molecule has 2 heterocycles. The van der Waals surface area contributed by atoms with Gasteiger partial charge in [0.1, 0.15) is 5.82 Å². The van der Waals surface area contributed by atoms with Crippen molar-refractivity contribution in [2.24, 2.45) is 14.1 Å². The Morgan fingerprint density at radius 2 is 1.87 bits per heavy atom. The number of aryl methyl sites for hydroxylation is 1. The fourth-order valence-electron chi connectivity index (χ4n) is 2.53. The Morgan fingerprint density at radius 3 is 2.52 bits per heavy atom. The molecule has 0 aliphatic rings. The van der Waals surface area contributed by atoms with Gasteiger partial charge in [-0.3, -0.25) is 18.5 Å². The molecular formula is C15H15FN4O3. The van der Waals surface area contributed by atoms with E-state index in [0.717, 1.165) is 4.57 Å². The summed E-state index contributed by atoms with van der Waals surface area (Å²) in [5.74, 6) is -0.391. The lowest BCUT2D eigenvalue weighted by molar-refractivity contribution is 0.363. The normalized spacial score (nSPS) is 11.1. The first-order chi connectivity index (χ1) is 11.0. The highest BCUT2D eigenvalue weighted by molar-refractivity contribution is 5.72. The zero-order valence-electron chi connectivity index (χ0n) is 12.9. The van der Waals surface area contributed by atoms with Crippen LogP contribution in [-0.2, 0) is 20.6 Å². The molecule has 1 aromatic carbocycles. The predicted octanol–water partition coefficient (Wildman–Crippen LogP) is 0.630. The number of ether oxygens (including phenoxy) is 1. The Morgan fingerprint density at radius 1 is 1.17 bits per heavy atom. The molecule has 0 bridgehead atoms. The number of benzene rings is 1. The fourth-order valence-corrected chi connectivity index (χ4v) is 2.53. The van der Waals surface area contributed by atoms with Crippen LogP contribution >= 0.6 is 0 Å². The number of methoxy groups -OCH3 is 1. The monoisotopic (exact) mass is 318 g/mol. The molecule has 8 heteroatoms. The molecule has 0 atom stereocenters. The first-order valence-electron chi connectivity index (χ1n) is 6.89. The van der Waals surface area contributed by atoms with Crippen LogP contribution in [0.3, 0.4) is 0 Å². The SMILES string of the molecule is COc1nc2c(c(=O)n(C)c(=O)n2C)n1Cc1ccccc1F. The van der Waals surface area contributed by atoms with Gasteiger partial charge in [0.2, 0.25) is 0 Å². The Kier molecular flexibility index (Phi) is 3.51. The first-order valence-corrected chi connectivity index (χ1v) is 6.89. The quantitative estimate of drug-likeness (QED) is 0.710. The Labute approximate surface area is 130 Å². The van der Waals surface area contributed by atoms with E-state index >= 15 is 0 Å². The molecule has 3 aromatic rings. The molecule has 120 valence electrons. The lowest BCUT2D eigenvalue weighted by atomic mass is 10.2. The minimum Gasteiger partial charge on any atom is -0.468 e. The number of hydrogen-bond donors (Lipinski definition) is 0. The van der Waals surface area contributed by atoms with Gasteiger partial charge in [0.15, 0.2) is 11.2 Å². The van der Waals surface area contributed by atoms with E-state index < -0.39 is 17.1 Å². The molecule has 2 aromatic heterocycles. The molecule has 0 aliphatic heterocycles. The number of nitrogens with zero attached hydrogens (tertiary/aromatic N) is 4. The standard InChI is InChI=1S/C15H15FN4O3/c1-18-12-11(13(21)19(2)15(18)22)20(14(17-12)23-3)8-9-6-4-5-7-10(9)16/h4-7H,8H2,1-3H3. The van der Waals surface area contributed by atoms with Crippen molar-refractivity contribution in [2.45, 2.75) is 6.54 Å². The van der Waals surface area contributed by atoms with E-state index in [9.17, 15) is 14.0 Å². The van der Waals surface area contributed by atoms with E-state index in [2.05, 4.69) is 4.98 Å². The number of rotatable bonds is 3. The summed E-state index contributed by atoms with van der Waals surface area (Å²) in [7, 11) is 4.31. The van der Waals surface area contributed by atoms with Crippen LogP contribution in [-0.4, -0.2) is 25.8 Å². The van der Waals surface area contributed by atoms with Gasteiger partial charge in [0.05, 0.1) is 13.7 Å². The number of hydrogen-bond acceptors (Lipinski definition) is 4. The highest BCUT2D eigenvalue weighted by Gasteiger charge is 2.20. The average molecular weight is 318 g/mol. The van der Waals surface area contributed by atoms with Gasteiger partial charge < -0.3 is 4.74 Å². The van der Waals surface area contributed by atoms with Crippen LogP contribution in [0.5, 0.6) is 6.01 Å². The van der Waals surface area contributed by atoms with Crippen LogP contribution in [0, 0.1) is 5.82 Å². The van der Waals surface area contributed by atoms with Crippen molar-refractivity contribution in [3.63, 3.8) is 0 Å². The molecule has 0 N–H and O–H groups in total.